The van der Waals surface area contributed by atoms with Gasteiger partial charge in [-0.3, -0.25) is 4.79 Å². The summed E-state index contributed by atoms with van der Waals surface area (Å²) in [6, 6.07) is 10.1. The molecule has 0 aromatic heterocycles. The number of amides is 1. The average molecular weight is 404 g/mol. The minimum absolute atomic E-state index is 0.343. The lowest BCUT2D eigenvalue weighted by Crippen LogP contribution is -2.17. The van der Waals surface area contributed by atoms with Crippen LogP contribution in [-0.2, 0) is 0 Å². The lowest BCUT2D eigenvalue weighted by molar-refractivity contribution is -0.274. The highest BCUT2D eigenvalue weighted by Gasteiger charge is 2.30. The third kappa shape index (κ3) is 6.23. The lowest BCUT2D eigenvalue weighted by Gasteiger charge is -2.10. The molecular formula is C17H17BrF3NO2. The van der Waals surface area contributed by atoms with Gasteiger partial charge in [-0.25, -0.2) is 0 Å². The molecule has 130 valence electrons. The second kappa shape index (κ2) is 8.73. The van der Waals surface area contributed by atoms with Crippen LogP contribution in [0.2, 0.25) is 0 Å². The van der Waals surface area contributed by atoms with E-state index in [2.05, 4.69) is 26.0 Å². The second-order valence-corrected chi connectivity index (χ2v) is 5.34. The van der Waals surface area contributed by atoms with E-state index < -0.39 is 6.36 Å². The fraction of sp³-hybridized carbons (Fsp3) is 0.235. The van der Waals surface area contributed by atoms with Crippen LogP contribution in [0.1, 0.15) is 29.8 Å². The molecular weight excluding hydrogens is 387 g/mol. The number of halogens is 4. The van der Waals surface area contributed by atoms with Crippen molar-refractivity contribution in [2.75, 3.05) is 5.32 Å². The van der Waals surface area contributed by atoms with Gasteiger partial charge < -0.3 is 10.1 Å². The molecule has 0 bridgehead atoms. The van der Waals surface area contributed by atoms with Crippen LogP contribution in [0, 0.1) is 6.92 Å². The number of hydrogen-bond donors (Lipinski definition) is 1. The van der Waals surface area contributed by atoms with Gasteiger partial charge in [0.05, 0.1) is 0 Å². The molecule has 2 rings (SSSR count). The first-order chi connectivity index (χ1) is 11.2. The number of aryl methyl sites for hydroxylation is 1. The van der Waals surface area contributed by atoms with Gasteiger partial charge in [0.2, 0.25) is 0 Å². The molecule has 0 aliphatic rings. The van der Waals surface area contributed by atoms with Crippen LogP contribution in [0.25, 0.3) is 0 Å². The predicted octanol–water partition coefficient (Wildman–Crippen LogP) is 5.93. The first-order valence-electron chi connectivity index (χ1n) is 7.18. The quantitative estimate of drug-likeness (QED) is 0.688. The summed E-state index contributed by atoms with van der Waals surface area (Å²) >= 11 is 3.34. The zero-order valence-electron chi connectivity index (χ0n) is 13.4. The number of alkyl halides is 3. The number of benzene rings is 2. The Hall–Kier alpha value is -2.02. The molecule has 0 radical (unpaired) electrons. The summed E-state index contributed by atoms with van der Waals surface area (Å²) in [5, 5.41) is 2.60. The Bertz CT molecular complexity index is 685. The van der Waals surface area contributed by atoms with E-state index in [4.69, 9.17) is 0 Å². The van der Waals surface area contributed by atoms with Gasteiger partial charge in [0.25, 0.3) is 5.91 Å². The molecule has 0 atom stereocenters. The summed E-state index contributed by atoms with van der Waals surface area (Å²) in [7, 11) is 0. The largest absolute Gasteiger partial charge is 0.573 e. The summed E-state index contributed by atoms with van der Waals surface area (Å²) in [5.41, 5.74) is 1.73. The summed E-state index contributed by atoms with van der Waals surface area (Å²) in [6.45, 7) is 5.85. The zero-order valence-corrected chi connectivity index (χ0v) is 15.0. The maximum atomic E-state index is 12.1. The first-order valence-corrected chi connectivity index (χ1v) is 7.97. The SMILES string of the molecule is CC.Cc1cc(C(=O)Nc2ccc(OC(F)(F)F)cc2)ccc1Br. The normalized spacial score (nSPS) is 10.5. The van der Waals surface area contributed by atoms with Crippen molar-refractivity contribution in [2.24, 2.45) is 0 Å². The maximum Gasteiger partial charge on any atom is 0.573 e. The highest BCUT2D eigenvalue weighted by atomic mass is 79.9. The average Bonchev–Trinajstić information content (AvgIpc) is 2.52. The standard InChI is InChI=1S/C15H11BrF3NO2.C2H6/c1-9-8-10(2-7-13(9)16)14(21)20-11-3-5-12(6-4-11)22-15(17,18)19;1-2/h2-8H,1H3,(H,20,21);1-2H3. The number of rotatable bonds is 3. The fourth-order valence-electron chi connectivity index (χ4n) is 1.73. The van der Waals surface area contributed by atoms with Crippen LogP contribution in [0.4, 0.5) is 18.9 Å². The van der Waals surface area contributed by atoms with Gasteiger partial charge in [-0.05, 0) is 55.0 Å². The smallest absolute Gasteiger partial charge is 0.406 e. The molecule has 2 aromatic carbocycles. The molecule has 0 saturated heterocycles. The van der Waals surface area contributed by atoms with Crippen molar-refractivity contribution in [1.29, 1.82) is 0 Å². The van der Waals surface area contributed by atoms with Crippen LogP contribution in [0.15, 0.2) is 46.9 Å². The van der Waals surface area contributed by atoms with Gasteiger partial charge >= 0.3 is 6.36 Å². The van der Waals surface area contributed by atoms with Gasteiger partial charge in [0.1, 0.15) is 5.75 Å². The Labute approximate surface area is 147 Å². The van der Waals surface area contributed by atoms with Crippen molar-refractivity contribution in [1.82, 2.24) is 0 Å². The summed E-state index contributed by atoms with van der Waals surface area (Å²) in [5.74, 6) is -0.690. The molecule has 0 aliphatic carbocycles. The van der Waals surface area contributed by atoms with Crippen molar-refractivity contribution in [3.63, 3.8) is 0 Å². The van der Waals surface area contributed by atoms with Gasteiger partial charge in [-0.1, -0.05) is 29.8 Å². The number of hydrogen-bond acceptors (Lipinski definition) is 2. The van der Waals surface area contributed by atoms with Crippen LogP contribution in [0.3, 0.4) is 0 Å². The highest BCUT2D eigenvalue weighted by Crippen LogP contribution is 2.24. The predicted molar refractivity (Wildman–Crippen MR) is 91.3 cm³/mol. The van der Waals surface area contributed by atoms with Crippen LogP contribution in [-0.4, -0.2) is 12.3 Å². The zero-order chi connectivity index (χ0) is 18.3. The molecule has 3 nitrogen and oxygen atoms in total. The van der Waals surface area contributed by atoms with E-state index in [0.29, 0.717) is 11.3 Å². The molecule has 1 amide bonds. The third-order valence-electron chi connectivity index (χ3n) is 2.77. The lowest BCUT2D eigenvalue weighted by atomic mass is 10.1. The van der Waals surface area contributed by atoms with Gasteiger partial charge in [-0.2, -0.15) is 0 Å². The van der Waals surface area contributed by atoms with Crippen molar-refractivity contribution < 1.29 is 22.7 Å². The maximum absolute atomic E-state index is 12.1. The van der Waals surface area contributed by atoms with E-state index in [1.165, 1.54) is 12.1 Å². The molecule has 1 N–H and O–H groups in total. The molecule has 0 heterocycles. The molecule has 0 fully saturated rings. The van der Waals surface area contributed by atoms with E-state index in [-0.39, 0.29) is 11.7 Å². The molecule has 24 heavy (non-hydrogen) atoms. The first kappa shape index (κ1) is 20.0. The monoisotopic (exact) mass is 403 g/mol. The minimum Gasteiger partial charge on any atom is -0.406 e. The molecule has 0 saturated carbocycles. The second-order valence-electron chi connectivity index (χ2n) is 4.49. The van der Waals surface area contributed by atoms with Gasteiger partial charge in [0.15, 0.2) is 0 Å². The van der Waals surface area contributed by atoms with Crippen LogP contribution >= 0.6 is 15.9 Å². The molecule has 0 spiro atoms. The van der Waals surface area contributed by atoms with Gasteiger partial charge in [-0.15, -0.1) is 13.2 Å². The van der Waals surface area contributed by atoms with E-state index in [0.717, 1.165) is 22.2 Å². The minimum atomic E-state index is -4.74. The van der Waals surface area contributed by atoms with Crippen molar-refractivity contribution in [3.8, 4) is 5.75 Å². The Morgan fingerprint density at radius 1 is 1.08 bits per heavy atom. The Morgan fingerprint density at radius 3 is 2.17 bits per heavy atom. The Kier molecular flexibility index (Phi) is 7.28. The van der Waals surface area contributed by atoms with Crippen LogP contribution < -0.4 is 10.1 Å². The Balaban J connectivity index is 0.00000139. The van der Waals surface area contributed by atoms with Crippen molar-refractivity contribution >= 4 is 27.5 Å². The summed E-state index contributed by atoms with van der Waals surface area (Å²) in [6.07, 6.45) is -4.74. The highest BCUT2D eigenvalue weighted by molar-refractivity contribution is 9.10. The van der Waals surface area contributed by atoms with E-state index in [1.54, 1.807) is 18.2 Å². The number of carbonyl (C=O) groups excluding carboxylic acids is 1. The number of carbonyl (C=O) groups is 1. The van der Waals surface area contributed by atoms with E-state index in [9.17, 15) is 18.0 Å². The molecule has 7 heteroatoms. The van der Waals surface area contributed by atoms with E-state index >= 15 is 0 Å². The van der Waals surface area contributed by atoms with Gasteiger partial charge in [0, 0.05) is 15.7 Å². The number of nitrogens with one attached hydrogen (secondary N) is 1. The number of ether oxygens (including phenoxy) is 1. The molecule has 0 aliphatic heterocycles. The molecule has 2 aromatic rings. The van der Waals surface area contributed by atoms with Crippen molar-refractivity contribution in [3.05, 3.63) is 58.1 Å². The fourth-order valence-corrected chi connectivity index (χ4v) is 1.98. The van der Waals surface area contributed by atoms with Crippen LogP contribution in [0.5, 0.6) is 5.75 Å². The molecule has 0 unspecified atom stereocenters. The van der Waals surface area contributed by atoms with E-state index in [1.807, 2.05) is 20.8 Å². The Morgan fingerprint density at radius 2 is 1.67 bits per heavy atom. The summed E-state index contributed by atoms with van der Waals surface area (Å²) < 4.78 is 40.8. The van der Waals surface area contributed by atoms with Crippen molar-refractivity contribution in [2.45, 2.75) is 27.1 Å². The topological polar surface area (TPSA) is 38.3 Å². The summed E-state index contributed by atoms with van der Waals surface area (Å²) in [4.78, 5) is 12.1. The number of anilines is 1. The third-order valence-corrected chi connectivity index (χ3v) is 3.66.